The fourth-order valence-electron chi connectivity index (χ4n) is 2.70. The van der Waals surface area contributed by atoms with E-state index in [9.17, 15) is 14.5 Å². The van der Waals surface area contributed by atoms with E-state index in [4.69, 9.17) is 4.74 Å². The highest BCUT2D eigenvalue weighted by Crippen LogP contribution is 2.29. The molecule has 1 aromatic carbocycles. The first-order chi connectivity index (χ1) is 10.1. The number of para-hydroxylation sites is 1. The zero-order valence-electron chi connectivity index (χ0n) is 11.6. The van der Waals surface area contributed by atoms with Crippen molar-refractivity contribution >= 4 is 11.4 Å². The molecule has 0 bridgehead atoms. The van der Waals surface area contributed by atoms with Crippen molar-refractivity contribution in [1.29, 1.82) is 0 Å². The lowest BCUT2D eigenvalue weighted by molar-refractivity contribution is -0.386. The molecule has 2 fully saturated rings. The van der Waals surface area contributed by atoms with Gasteiger partial charge in [0.2, 0.25) is 5.82 Å². The van der Waals surface area contributed by atoms with Gasteiger partial charge >= 0.3 is 5.69 Å². The van der Waals surface area contributed by atoms with Crippen molar-refractivity contribution in [2.24, 2.45) is 0 Å². The average molecular weight is 295 g/mol. The SMILES string of the molecule is O=[N+]([O-])c1c(F)cccc1NCC1CN(C2CC2)CCO1. The molecule has 0 amide bonds. The Balaban J connectivity index is 1.62. The number of nitrogens with zero attached hydrogens (tertiary/aromatic N) is 2. The second-order valence-corrected chi connectivity index (χ2v) is 5.49. The van der Waals surface area contributed by atoms with Gasteiger partial charge < -0.3 is 10.1 Å². The van der Waals surface area contributed by atoms with Gasteiger partial charge in [-0.1, -0.05) is 6.07 Å². The number of morpholine rings is 1. The van der Waals surface area contributed by atoms with Crippen LogP contribution in [0, 0.1) is 15.9 Å². The number of hydrogen-bond acceptors (Lipinski definition) is 5. The van der Waals surface area contributed by atoms with Crippen LogP contribution in [0.5, 0.6) is 0 Å². The summed E-state index contributed by atoms with van der Waals surface area (Å²) in [5, 5.41) is 13.9. The fraction of sp³-hybridized carbons (Fsp3) is 0.571. The molecule has 0 aromatic heterocycles. The van der Waals surface area contributed by atoms with Crippen LogP contribution < -0.4 is 5.32 Å². The van der Waals surface area contributed by atoms with Crippen LogP contribution in [0.2, 0.25) is 0 Å². The zero-order valence-corrected chi connectivity index (χ0v) is 11.6. The van der Waals surface area contributed by atoms with Crippen LogP contribution in [-0.4, -0.2) is 48.2 Å². The van der Waals surface area contributed by atoms with E-state index in [1.165, 1.54) is 25.0 Å². The molecule has 3 rings (SSSR count). The summed E-state index contributed by atoms with van der Waals surface area (Å²) in [6, 6.07) is 4.75. The summed E-state index contributed by atoms with van der Waals surface area (Å²) in [6.07, 6.45) is 2.47. The largest absolute Gasteiger partial charge is 0.377 e. The molecule has 1 heterocycles. The Labute approximate surface area is 122 Å². The molecule has 2 aliphatic rings. The number of hydrogen-bond donors (Lipinski definition) is 1. The lowest BCUT2D eigenvalue weighted by Crippen LogP contribution is -2.46. The van der Waals surface area contributed by atoms with Crippen LogP contribution in [0.4, 0.5) is 15.8 Å². The van der Waals surface area contributed by atoms with E-state index in [0.29, 0.717) is 19.2 Å². The minimum absolute atomic E-state index is 0.0257. The molecule has 114 valence electrons. The van der Waals surface area contributed by atoms with Crippen molar-refractivity contribution in [2.75, 3.05) is 31.6 Å². The van der Waals surface area contributed by atoms with Gasteiger partial charge in [0.1, 0.15) is 5.69 Å². The van der Waals surface area contributed by atoms with Crippen molar-refractivity contribution in [3.8, 4) is 0 Å². The predicted octanol–water partition coefficient (Wildman–Crippen LogP) is 2.01. The lowest BCUT2D eigenvalue weighted by Gasteiger charge is -2.33. The monoisotopic (exact) mass is 295 g/mol. The van der Waals surface area contributed by atoms with Gasteiger partial charge in [-0.05, 0) is 25.0 Å². The van der Waals surface area contributed by atoms with Crippen LogP contribution in [0.25, 0.3) is 0 Å². The van der Waals surface area contributed by atoms with E-state index in [1.54, 1.807) is 0 Å². The molecule has 1 N–H and O–H groups in total. The molecule has 1 saturated carbocycles. The van der Waals surface area contributed by atoms with E-state index < -0.39 is 16.4 Å². The summed E-state index contributed by atoms with van der Waals surface area (Å²) in [6.45, 7) is 2.88. The molecule has 1 saturated heterocycles. The Bertz CT molecular complexity index is 536. The number of nitro groups is 1. The predicted molar refractivity (Wildman–Crippen MR) is 75.9 cm³/mol. The van der Waals surface area contributed by atoms with Gasteiger partial charge in [0.15, 0.2) is 0 Å². The van der Waals surface area contributed by atoms with Crippen molar-refractivity contribution in [1.82, 2.24) is 4.90 Å². The summed E-state index contributed by atoms with van der Waals surface area (Å²) < 4.78 is 19.2. The van der Waals surface area contributed by atoms with E-state index in [0.717, 1.165) is 19.2 Å². The quantitative estimate of drug-likeness (QED) is 0.665. The molecule has 1 aliphatic heterocycles. The number of benzene rings is 1. The molecular formula is C14H18FN3O3. The number of ether oxygens (including phenoxy) is 1. The molecule has 1 aliphatic carbocycles. The Kier molecular flexibility index (Phi) is 4.03. The minimum atomic E-state index is -0.825. The maximum absolute atomic E-state index is 13.5. The van der Waals surface area contributed by atoms with Crippen LogP contribution >= 0.6 is 0 Å². The van der Waals surface area contributed by atoms with Crippen molar-refractivity contribution in [2.45, 2.75) is 25.0 Å². The molecule has 0 spiro atoms. The maximum atomic E-state index is 13.5. The fourth-order valence-corrected chi connectivity index (χ4v) is 2.70. The number of rotatable bonds is 5. The summed E-state index contributed by atoms with van der Waals surface area (Å²) in [5.41, 5.74) is -0.306. The van der Waals surface area contributed by atoms with Crippen LogP contribution in [-0.2, 0) is 4.74 Å². The van der Waals surface area contributed by atoms with Crippen molar-refractivity contribution < 1.29 is 14.1 Å². The first kappa shape index (κ1) is 14.2. The van der Waals surface area contributed by atoms with Crippen LogP contribution in [0.3, 0.4) is 0 Å². The third kappa shape index (κ3) is 3.30. The first-order valence-corrected chi connectivity index (χ1v) is 7.17. The third-order valence-corrected chi connectivity index (χ3v) is 3.92. The van der Waals surface area contributed by atoms with Gasteiger partial charge in [-0.2, -0.15) is 4.39 Å². The second kappa shape index (κ2) is 5.95. The minimum Gasteiger partial charge on any atom is -0.377 e. The van der Waals surface area contributed by atoms with Gasteiger partial charge in [-0.15, -0.1) is 0 Å². The first-order valence-electron chi connectivity index (χ1n) is 7.17. The van der Waals surface area contributed by atoms with E-state index in [1.807, 2.05) is 0 Å². The Morgan fingerprint density at radius 1 is 1.48 bits per heavy atom. The Morgan fingerprint density at radius 3 is 3.00 bits per heavy atom. The maximum Gasteiger partial charge on any atom is 0.327 e. The smallest absolute Gasteiger partial charge is 0.327 e. The van der Waals surface area contributed by atoms with E-state index >= 15 is 0 Å². The number of nitro benzene ring substituents is 1. The molecule has 1 atom stereocenters. The highest BCUT2D eigenvalue weighted by molar-refractivity contribution is 5.61. The molecular weight excluding hydrogens is 277 g/mol. The molecule has 7 heteroatoms. The topological polar surface area (TPSA) is 67.6 Å². The van der Waals surface area contributed by atoms with Gasteiger partial charge in [0, 0.05) is 25.7 Å². The van der Waals surface area contributed by atoms with Crippen molar-refractivity contribution in [3.05, 3.63) is 34.1 Å². The molecule has 6 nitrogen and oxygen atoms in total. The average Bonchev–Trinajstić information content (AvgIpc) is 3.29. The van der Waals surface area contributed by atoms with Gasteiger partial charge in [-0.3, -0.25) is 15.0 Å². The number of halogens is 1. The summed E-state index contributed by atoms with van der Waals surface area (Å²) in [5.74, 6) is -0.825. The molecule has 1 unspecified atom stereocenters. The number of anilines is 1. The normalized spacial score (nSPS) is 23.0. The van der Waals surface area contributed by atoms with Gasteiger partial charge in [-0.25, -0.2) is 0 Å². The Hall–Kier alpha value is -1.73. The standard InChI is InChI=1S/C14H18FN3O3/c15-12-2-1-3-13(14(12)18(19)20)16-8-11-9-17(6-7-21-11)10-4-5-10/h1-3,10-11,16H,4-9H2. The van der Waals surface area contributed by atoms with Crippen molar-refractivity contribution in [3.63, 3.8) is 0 Å². The second-order valence-electron chi connectivity index (χ2n) is 5.49. The summed E-state index contributed by atoms with van der Waals surface area (Å²) in [4.78, 5) is 12.6. The molecule has 21 heavy (non-hydrogen) atoms. The highest BCUT2D eigenvalue weighted by atomic mass is 19.1. The number of nitrogens with one attached hydrogen (secondary N) is 1. The third-order valence-electron chi connectivity index (χ3n) is 3.92. The van der Waals surface area contributed by atoms with E-state index in [2.05, 4.69) is 10.2 Å². The summed E-state index contributed by atoms with van der Waals surface area (Å²) >= 11 is 0. The Morgan fingerprint density at radius 2 is 2.29 bits per heavy atom. The van der Waals surface area contributed by atoms with Crippen LogP contribution in [0.1, 0.15) is 12.8 Å². The summed E-state index contributed by atoms with van der Waals surface area (Å²) in [7, 11) is 0. The van der Waals surface area contributed by atoms with E-state index in [-0.39, 0.29) is 11.8 Å². The molecule has 1 aromatic rings. The van der Waals surface area contributed by atoms with Gasteiger partial charge in [0.05, 0.1) is 17.6 Å². The van der Waals surface area contributed by atoms with Gasteiger partial charge in [0.25, 0.3) is 0 Å². The molecule has 0 radical (unpaired) electrons. The zero-order chi connectivity index (χ0) is 14.8. The van der Waals surface area contributed by atoms with Crippen LogP contribution in [0.15, 0.2) is 18.2 Å². The highest BCUT2D eigenvalue weighted by Gasteiger charge is 2.33. The lowest BCUT2D eigenvalue weighted by atomic mass is 10.2.